The lowest BCUT2D eigenvalue weighted by Gasteiger charge is -2.12. The van der Waals surface area contributed by atoms with Crippen LogP contribution in [0.15, 0.2) is 69.0 Å². The summed E-state index contributed by atoms with van der Waals surface area (Å²) in [5.41, 5.74) is 1.76. The van der Waals surface area contributed by atoms with Crippen LogP contribution in [-0.2, 0) is 4.79 Å². The van der Waals surface area contributed by atoms with Gasteiger partial charge < -0.3 is 15.0 Å². The monoisotopic (exact) mass is 459 g/mol. The van der Waals surface area contributed by atoms with Crippen LogP contribution in [-0.4, -0.2) is 28.2 Å². The highest BCUT2D eigenvalue weighted by Gasteiger charge is 2.17. The third-order valence-electron chi connectivity index (χ3n) is 3.88. The minimum atomic E-state index is -0.446. The van der Waals surface area contributed by atoms with Gasteiger partial charge in [0.05, 0.1) is 18.1 Å². The molecule has 1 unspecified atom stereocenters. The van der Waals surface area contributed by atoms with Crippen molar-refractivity contribution in [1.82, 2.24) is 9.97 Å². The fourth-order valence-corrected chi connectivity index (χ4v) is 3.47. The number of carbonyl (C=O) groups excluding carboxylic acids is 1. The summed E-state index contributed by atoms with van der Waals surface area (Å²) < 4.78 is 6.08. The number of anilines is 1. The van der Waals surface area contributed by atoms with E-state index in [-0.39, 0.29) is 11.5 Å². The SMILES string of the molecule is COc1ccc(-c2cc(=O)[nH]c(SC(C)C(=O)Nc3ccc(Br)cc3)n2)cc1. The average Bonchev–Trinajstić information content (AvgIpc) is 2.69. The molecule has 6 nitrogen and oxygen atoms in total. The van der Waals surface area contributed by atoms with E-state index in [4.69, 9.17) is 4.74 Å². The molecule has 0 saturated heterocycles. The summed E-state index contributed by atoms with van der Waals surface area (Å²) in [7, 11) is 1.59. The fourth-order valence-electron chi connectivity index (χ4n) is 2.40. The number of methoxy groups -OCH3 is 1. The topological polar surface area (TPSA) is 84.1 Å². The second-order valence-electron chi connectivity index (χ2n) is 5.92. The Morgan fingerprint density at radius 2 is 1.86 bits per heavy atom. The van der Waals surface area contributed by atoms with Crippen molar-refractivity contribution in [2.45, 2.75) is 17.3 Å². The van der Waals surface area contributed by atoms with E-state index in [0.29, 0.717) is 16.5 Å². The van der Waals surface area contributed by atoms with Gasteiger partial charge in [-0.1, -0.05) is 27.7 Å². The van der Waals surface area contributed by atoms with Crippen molar-refractivity contribution in [3.05, 3.63) is 69.4 Å². The smallest absolute Gasteiger partial charge is 0.252 e. The van der Waals surface area contributed by atoms with Gasteiger partial charge in [0.2, 0.25) is 5.91 Å². The van der Waals surface area contributed by atoms with E-state index in [2.05, 4.69) is 31.2 Å². The number of nitrogens with one attached hydrogen (secondary N) is 2. The number of aromatic amines is 1. The van der Waals surface area contributed by atoms with E-state index in [1.807, 2.05) is 36.4 Å². The van der Waals surface area contributed by atoms with Gasteiger partial charge in [-0.25, -0.2) is 4.98 Å². The fraction of sp³-hybridized carbons (Fsp3) is 0.150. The Morgan fingerprint density at radius 1 is 1.18 bits per heavy atom. The van der Waals surface area contributed by atoms with Crippen LogP contribution in [0.2, 0.25) is 0 Å². The predicted octanol–water partition coefficient (Wildman–Crippen LogP) is 4.33. The lowest BCUT2D eigenvalue weighted by molar-refractivity contribution is -0.115. The number of amides is 1. The maximum absolute atomic E-state index is 12.4. The molecule has 0 spiro atoms. The van der Waals surface area contributed by atoms with Gasteiger partial charge >= 0.3 is 0 Å². The number of rotatable bonds is 6. The van der Waals surface area contributed by atoms with Gasteiger partial charge in [-0.3, -0.25) is 9.59 Å². The molecule has 1 heterocycles. The van der Waals surface area contributed by atoms with E-state index >= 15 is 0 Å². The second-order valence-corrected chi connectivity index (χ2v) is 8.17. The number of H-pyrrole nitrogens is 1. The van der Waals surface area contributed by atoms with E-state index in [9.17, 15) is 9.59 Å². The Hall–Kier alpha value is -2.58. The molecule has 1 aromatic heterocycles. The molecule has 0 aliphatic rings. The predicted molar refractivity (Wildman–Crippen MR) is 115 cm³/mol. The summed E-state index contributed by atoms with van der Waals surface area (Å²) in [5, 5.41) is 2.79. The number of benzene rings is 2. The molecule has 2 aromatic carbocycles. The highest BCUT2D eigenvalue weighted by Crippen LogP contribution is 2.24. The number of hydrogen-bond acceptors (Lipinski definition) is 5. The van der Waals surface area contributed by atoms with Crippen LogP contribution in [0.25, 0.3) is 11.3 Å². The number of thioether (sulfide) groups is 1. The first-order valence-electron chi connectivity index (χ1n) is 8.43. The molecule has 1 amide bonds. The zero-order chi connectivity index (χ0) is 20.1. The molecule has 8 heteroatoms. The molecule has 28 heavy (non-hydrogen) atoms. The largest absolute Gasteiger partial charge is 0.497 e. The molecule has 0 saturated carbocycles. The van der Waals surface area contributed by atoms with Crippen LogP contribution < -0.4 is 15.6 Å². The standard InChI is InChI=1S/C20H18BrN3O3S/c1-12(19(26)22-15-7-5-14(21)6-8-15)28-20-23-17(11-18(25)24-20)13-3-9-16(27-2)10-4-13/h3-12H,1-2H3,(H,22,26)(H,23,24,25). The molecule has 0 aliphatic carbocycles. The summed E-state index contributed by atoms with van der Waals surface area (Å²) in [4.78, 5) is 31.6. The zero-order valence-electron chi connectivity index (χ0n) is 15.2. The van der Waals surface area contributed by atoms with Crippen molar-refractivity contribution < 1.29 is 9.53 Å². The maximum atomic E-state index is 12.4. The lowest BCUT2D eigenvalue weighted by Crippen LogP contribution is -2.23. The summed E-state index contributed by atoms with van der Waals surface area (Å²) in [6, 6.07) is 16.0. The first kappa shape index (κ1) is 20.2. The minimum Gasteiger partial charge on any atom is -0.497 e. The normalized spacial score (nSPS) is 11.7. The van der Waals surface area contributed by atoms with Gasteiger partial charge in [0.25, 0.3) is 5.56 Å². The van der Waals surface area contributed by atoms with Crippen LogP contribution in [0.1, 0.15) is 6.92 Å². The van der Waals surface area contributed by atoms with Gasteiger partial charge in [0.1, 0.15) is 5.75 Å². The Balaban J connectivity index is 1.74. The molecular formula is C20H18BrN3O3S. The Kier molecular flexibility index (Phi) is 6.53. The first-order valence-corrected chi connectivity index (χ1v) is 10.1. The van der Waals surface area contributed by atoms with E-state index in [0.717, 1.165) is 15.8 Å². The number of nitrogens with zero attached hydrogens (tertiary/aromatic N) is 1. The quantitative estimate of drug-likeness (QED) is 0.423. The number of ether oxygens (including phenoxy) is 1. The third kappa shape index (κ3) is 5.24. The summed E-state index contributed by atoms with van der Waals surface area (Å²) in [5.74, 6) is 0.547. The van der Waals surface area contributed by atoms with Crippen molar-refractivity contribution in [2.24, 2.45) is 0 Å². The second kappa shape index (κ2) is 9.07. The van der Waals surface area contributed by atoms with Crippen LogP contribution in [0.3, 0.4) is 0 Å². The van der Waals surface area contributed by atoms with Gasteiger partial charge in [0.15, 0.2) is 5.16 Å². The van der Waals surface area contributed by atoms with Crippen LogP contribution in [0, 0.1) is 0 Å². The molecule has 0 bridgehead atoms. The average molecular weight is 460 g/mol. The summed E-state index contributed by atoms with van der Waals surface area (Å²) in [6.07, 6.45) is 0. The molecule has 2 N–H and O–H groups in total. The highest BCUT2D eigenvalue weighted by atomic mass is 79.9. The van der Waals surface area contributed by atoms with Crippen molar-refractivity contribution in [3.8, 4) is 17.0 Å². The van der Waals surface area contributed by atoms with Gasteiger partial charge in [-0.15, -0.1) is 0 Å². The molecular weight excluding hydrogens is 442 g/mol. The summed E-state index contributed by atoms with van der Waals surface area (Å²) in [6.45, 7) is 1.76. The van der Waals surface area contributed by atoms with Crippen molar-refractivity contribution in [3.63, 3.8) is 0 Å². The van der Waals surface area contributed by atoms with Crippen LogP contribution in [0.4, 0.5) is 5.69 Å². The molecule has 1 atom stereocenters. The lowest BCUT2D eigenvalue weighted by atomic mass is 10.1. The van der Waals surface area contributed by atoms with Crippen LogP contribution >= 0.6 is 27.7 Å². The van der Waals surface area contributed by atoms with Gasteiger partial charge in [-0.05, 0) is 55.5 Å². The Bertz CT molecular complexity index is 1020. The number of carbonyl (C=O) groups is 1. The highest BCUT2D eigenvalue weighted by molar-refractivity contribution is 9.10. The molecule has 3 aromatic rings. The Morgan fingerprint density at radius 3 is 2.50 bits per heavy atom. The third-order valence-corrected chi connectivity index (χ3v) is 5.39. The first-order chi connectivity index (χ1) is 13.4. The molecule has 144 valence electrons. The van der Waals surface area contributed by atoms with Crippen LogP contribution in [0.5, 0.6) is 5.75 Å². The van der Waals surface area contributed by atoms with Crippen molar-refractivity contribution in [2.75, 3.05) is 12.4 Å². The van der Waals surface area contributed by atoms with Crippen molar-refractivity contribution >= 4 is 39.3 Å². The summed E-state index contributed by atoms with van der Waals surface area (Å²) >= 11 is 4.55. The van der Waals surface area contributed by atoms with Crippen molar-refractivity contribution in [1.29, 1.82) is 0 Å². The number of aromatic nitrogens is 2. The van der Waals surface area contributed by atoms with E-state index in [1.54, 1.807) is 26.2 Å². The molecule has 0 radical (unpaired) electrons. The van der Waals surface area contributed by atoms with E-state index < -0.39 is 5.25 Å². The molecule has 0 fully saturated rings. The number of hydrogen-bond donors (Lipinski definition) is 2. The maximum Gasteiger partial charge on any atom is 0.252 e. The molecule has 3 rings (SSSR count). The Labute approximate surface area is 174 Å². The van der Waals surface area contributed by atoms with E-state index in [1.165, 1.54) is 17.8 Å². The molecule has 0 aliphatic heterocycles. The minimum absolute atomic E-state index is 0.176. The zero-order valence-corrected chi connectivity index (χ0v) is 17.6. The number of halogens is 1. The van der Waals surface area contributed by atoms with Gasteiger partial charge in [-0.2, -0.15) is 0 Å². The van der Waals surface area contributed by atoms with Gasteiger partial charge in [0, 0.05) is 21.8 Å².